The van der Waals surface area contributed by atoms with Crippen molar-refractivity contribution >= 4 is 28.5 Å². The predicted molar refractivity (Wildman–Crippen MR) is 115 cm³/mol. The van der Waals surface area contributed by atoms with Crippen LogP contribution in [-0.4, -0.2) is 19.8 Å². The minimum absolute atomic E-state index is 0.000343. The number of hydrogen-bond donors (Lipinski definition) is 2. The Labute approximate surface area is 201 Å². The van der Waals surface area contributed by atoms with Crippen LogP contribution in [0.5, 0.6) is 5.75 Å². The summed E-state index contributed by atoms with van der Waals surface area (Å²) in [6, 6.07) is 6.65. The molecular formula is C22H12ClF7N4O2. The summed E-state index contributed by atoms with van der Waals surface area (Å²) in [6.45, 7) is 0. The number of hydrogen-bond acceptors (Lipinski definition) is 5. The van der Waals surface area contributed by atoms with E-state index in [0.29, 0.717) is 0 Å². The van der Waals surface area contributed by atoms with Gasteiger partial charge in [-0.2, -0.15) is 26.3 Å². The summed E-state index contributed by atoms with van der Waals surface area (Å²) in [5, 5.41) is 9.45. The number of rotatable bonds is 4. The van der Waals surface area contributed by atoms with Crippen molar-refractivity contribution in [2.75, 3.05) is 5.43 Å². The van der Waals surface area contributed by atoms with Crippen LogP contribution < -0.4 is 11.0 Å². The van der Waals surface area contributed by atoms with Crippen LogP contribution in [0.15, 0.2) is 53.5 Å². The third-order valence-electron chi connectivity index (χ3n) is 5.09. The van der Waals surface area contributed by atoms with E-state index in [1.54, 1.807) is 0 Å². The first-order chi connectivity index (χ1) is 16.8. The van der Waals surface area contributed by atoms with Crippen molar-refractivity contribution in [1.29, 1.82) is 0 Å². The molecule has 188 valence electrons. The average molecular weight is 533 g/mol. The minimum Gasteiger partial charge on any atom is -0.507 e. The number of nitrogens with zero attached hydrogens (tertiary/aromatic N) is 3. The van der Waals surface area contributed by atoms with Gasteiger partial charge in [-0.25, -0.2) is 19.0 Å². The van der Waals surface area contributed by atoms with Crippen LogP contribution in [-0.2, 0) is 18.8 Å². The molecule has 0 unspecified atom stereocenters. The molecule has 0 radical (unpaired) electrons. The Morgan fingerprint density at radius 1 is 0.972 bits per heavy atom. The van der Waals surface area contributed by atoms with Crippen molar-refractivity contribution in [3.05, 3.63) is 92.2 Å². The molecule has 4 aromatic rings. The predicted octanol–water partition coefficient (Wildman–Crippen LogP) is 5.79. The molecule has 1 aromatic carbocycles. The normalized spacial score (nSPS) is 12.2. The zero-order chi connectivity index (χ0) is 26.4. The fourth-order valence-electron chi connectivity index (χ4n) is 3.37. The fraction of sp³-hybridized carbons (Fsp3) is 0.136. The van der Waals surface area contributed by atoms with E-state index < -0.39 is 58.2 Å². The van der Waals surface area contributed by atoms with Crippen LogP contribution in [0.1, 0.15) is 22.4 Å². The van der Waals surface area contributed by atoms with Crippen molar-refractivity contribution in [3.8, 4) is 5.75 Å². The van der Waals surface area contributed by atoms with E-state index in [0.717, 1.165) is 35.1 Å². The number of fused-ring (bicyclic) bond motifs is 1. The Morgan fingerprint density at radius 2 is 1.69 bits per heavy atom. The van der Waals surface area contributed by atoms with E-state index in [-0.39, 0.29) is 28.0 Å². The Kier molecular flexibility index (Phi) is 6.29. The number of benzene rings is 1. The molecule has 0 spiro atoms. The van der Waals surface area contributed by atoms with Gasteiger partial charge < -0.3 is 5.11 Å². The number of aromatic nitrogens is 3. The number of pyridine rings is 3. The van der Waals surface area contributed by atoms with Crippen molar-refractivity contribution in [2.24, 2.45) is 0 Å². The van der Waals surface area contributed by atoms with Gasteiger partial charge in [0.15, 0.2) is 5.65 Å². The second-order valence-corrected chi connectivity index (χ2v) is 7.87. The molecule has 0 aliphatic rings. The second-order valence-electron chi connectivity index (χ2n) is 7.46. The van der Waals surface area contributed by atoms with Gasteiger partial charge in [0.2, 0.25) is 0 Å². The van der Waals surface area contributed by atoms with Crippen LogP contribution in [0.2, 0.25) is 5.02 Å². The van der Waals surface area contributed by atoms with Crippen LogP contribution in [0.25, 0.3) is 11.0 Å². The van der Waals surface area contributed by atoms with E-state index in [1.165, 1.54) is 12.1 Å². The Hall–Kier alpha value is -3.87. The maximum Gasteiger partial charge on any atom is 0.433 e. The molecule has 0 saturated heterocycles. The molecule has 0 aliphatic carbocycles. The zero-order valence-electron chi connectivity index (χ0n) is 17.5. The second kappa shape index (κ2) is 8.97. The molecule has 14 heteroatoms. The van der Waals surface area contributed by atoms with E-state index >= 15 is 0 Å². The van der Waals surface area contributed by atoms with Gasteiger partial charge in [0.25, 0.3) is 5.56 Å². The molecular weight excluding hydrogens is 521 g/mol. The molecule has 4 rings (SSSR count). The standard InChI is InChI=1S/C22H12ClF7N4O2/c23-14-2-1-3-15(24)11(14)8-12-16(35)6-7-34(20(12)36)33-18-5-4-10-13(21(25,26)27)9-17(22(28,29)30)31-19(10)32-18/h1-7,9,35H,8H2,(H,31,32,33). The lowest BCUT2D eigenvalue weighted by atomic mass is 10.0. The Bertz CT molecular complexity index is 1510. The highest BCUT2D eigenvalue weighted by Gasteiger charge is 2.39. The SMILES string of the molecule is O=c1c(Cc2c(F)cccc2Cl)c(O)ccn1Nc1ccc2c(C(F)(F)F)cc(C(F)(F)F)nc2n1. The Morgan fingerprint density at radius 3 is 2.33 bits per heavy atom. The monoisotopic (exact) mass is 532 g/mol. The quantitative estimate of drug-likeness (QED) is 0.325. The molecule has 0 bridgehead atoms. The highest BCUT2D eigenvalue weighted by atomic mass is 35.5. The average Bonchev–Trinajstić information content (AvgIpc) is 2.78. The van der Waals surface area contributed by atoms with Crippen molar-refractivity contribution in [3.63, 3.8) is 0 Å². The van der Waals surface area contributed by atoms with Gasteiger partial charge in [-0.3, -0.25) is 10.2 Å². The molecule has 0 amide bonds. The number of aromatic hydroxyl groups is 1. The minimum atomic E-state index is -5.17. The number of halogens is 8. The summed E-state index contributed by atoms with van der Waals surface area (Å²) in [4.78, 5) is 19.8. The molecule has 3 aromatic heterocycles. The molecule has 0 saturated carbocycles. The Balaban J connectivity index is 1.77. The summed E-state index contributed by atoms with van der Waals surface area (Å²) in [5.41, 5.74) is -3.08. The maximum absolute atomic E-state index is 14.2. The first-order valence-electron chi connectivity index (χ1n) is 9.85. The van der Waals surface area contributed by atoms with Gasteiger partial charge in [-0.1, -0.05) is 17.7 Å². The molecule has 0 fully saturated rings. The largest absolute Gasteiger partial charge is 0.507 e. The molecule has 0 atom stereocenters. The topological polar surface area (TPSA) is 80.0 Å². The molecule has 36 heavy (non-hydrogen) atoms. The van der Waals surface area contributed by atoms with Gasteiger partial charge in [0.05, 0.1) is 11.1 Å². The van der Waals surface area contributed by atoms with Crippen LogP contribution in [0.3, 0.4) is 0 Å². The number of anilines is 1. The number of nitrogens with one attached hydrogen (secondary N) is 1. The lowest BCUT2D eigenvalue weighted by molar-refractivity contribution is -0.144. The summed E-state index contributed by atoms with van der Waals surface area (Å²) in [7, 11) is 0. The number of alkyl halides is 6. The highest BCUT2D eigenvalue weighted by molar-refractivity contribution is 6.31. The van der Waals surface area contributed by atoms with Crippen molar-refractivity contribution in [1.82, 2.24) is 14.6 Å². The first kappa shape index (κ1) is 25.2. The molecule has 3 heterocycles. The smallest absolute Gasteiger partial charge is 0.433 e. The first-order valence-corrected chi connectivity index (χ1v) is 10.2. The lowest BCUT2D eigenvalue weighted by Gasteiger charge is -2.15. The van der Waals surface area contributed by atoms with Gasteiger partial charge in [-0.15, -0.1) is 0 Å². The van der Waals surface area contributed by atoms with E-state index in [9.17, 15) is 40.6 Å². The third kappa shape index (κ3) is 4.91. The highest BCUT2D eigenvalue weighted by Crippen LogP contribution is 2.38. The van der Waals surface area contributed by atoms with E-state index in [1.807, 2.05) is 0 Å². The van der Waals surface area contributed by atoms with Gasteiger partial charge >= 0.3 is 12.4 Å². The third-order valence-corrected chi connectivity index (χ3v) is 5.44. The van der Waals surface area contributed by atoms with Gasteiger partial charge in [-0.05, 0) is 36.4 Å². The summed E-state index contributed by atoms with van der Waals surface area (Å²) >= 11 is 5.98. The van der Waals surface area contributed by atoms with Crippen molar-refractivity contribution in [2.45, 2.75) is 18.8 Å². The summed E-state index contributed by atoms with van der Waals surface area (Å²) in [6.07, 6.45) is -9.66. The van der Waals surface area contributed by atoms with Crippen LogP contribution in [0, 0.1) is 5.82 Å². The van der Waals surface area contributed by atoms with Gasteiger partial charge in [0.1, 0.15) is 23.1 Å². The molecule has 0 aliphatic heterocycles. The lowest BCUT2D eigenvalue weighted by Crippen LogP contribution is -2.29. The molecule has 6 nitrogen and oxygen atoms in total. The summed E-state index contributed by atoms with van der Waals surface area (Å²) in [5.74, 6) is -1.55. The van der Waals surface area contributed by atoms with Gasteiger partial charge in [0, 0.05) is 28.6 Å². The maximum atomic E-state index is 14.2. The van der Waals surface area contributed by atoms with Crippen molar-refractivity contribution < 1.29 is 35.8 Å². The fourth-order valence-corrected chi connectivity index (χ4v) is 3.60. The van der Waals surface area contributed by atoms with Crippen LogP contribution >= 0.6 is 11.6 Å². The zero-order valence-corrected chi connectivity index (χ0v) is 18.3. The van der Waals surface area contributed by atoms with E-state index in [4.69, 9.17) is 11.6 Å². The summed E-state index contributed by atoms with van der Waals surface area (Å²) < 4.78 is 94.4. The van der Waals surface area contributed by atoms with E-state index in [2.05, 4.69) is 15.4 Å². The van der Waals surface area contributed by atoms with Crippen LogP contribution in [0.4, 0.5) is 36.6 Å². The molecule has 2 N–H and O–H groups in total.